The normalized spacial score (nSPS) is 22.8. The number of rotatable bonds is 3. The van der Waals surface area contributed by atoms with Gasteiger partial charge in [0.1, 0.15) is 13.2 Å². The number of carbonyl (C=O) groups is 2. The van der Waals surface area contributed by atoms with Gasteiger partial charge in [-0.2, -0.15) is 0 Å². The minimum Gasteiger partial charge on any atom is -0.458 e. The zero-order valence-corrected chi connectivity index (χ0v) is 9.34. The van der Waals surface area contributed by atoms with Crippen molar-refractivity contribution in [3.63, 3.8) is 0 Å². The lowest BCUT2D eigenvalue weighted by atomic mass is 10.1. The van der Waals surface area contributed by atoms with E-state index in [9.17, 15) is 9.59 Å². The van der Waals surface area contributed by atoms with Crippen LogP contribution >= 0.6 is 0 Å². The van der Waals surface area contributed by atoms with Crippen LogP contribution in [0, 0.1) is 0 Å². The zero-order valence-electron chi connectivity index (χ0n) is 9.34. The van der Waals surface area contributed by atoms with Crippen molar-refractivity contribution in [2.75, 3.05) is 13.2 Å². The summed E-state index contributed by atoms with van der Waals surface area (Å²) in [7, 11) is 0. The molecule has 1 aliphatic rings. The highest BCUT2D eigenvalue weighted by molar-refractivity contribution is 5.89. The third-order valence-corrected chi connectivity index (χ3v) is 2.34. The topological polar surface area (TPSA) is 61.8 Å². The maximum atomic E-state index is 11.6. The van der Waals surface area contributed by atoms with Crippen LogP contribution in [0.25, 0.3) is 0 Å². The lowest BCUT2D eigenvalue weighted by molar-refractivity contribution is -0.00625. The van der Waals surface area contributed by atoms with Crippen molar-refractivity contribution in [1.82, 2.24) is 0 Å². The Morgan fingerprint density at radius 3 is 2.71 bits per heavy atom. The molecular weight excluding hydrogens is 224 g/mol. The van der Waals surface area contributed by atoms with E-state index in [1.54, 1.807) is 31.2 Å². The van der Waals surface area contributed by atoms with Crippen molar-refractivity contribution < 1.29 is 23.8 Å². The molecule has 0 N–H and O–H groups in total. The first-order valence-electron chi connectivity index (χ1n) is 5.17. The van der Waals surface area contributed by atoms with Gasteiger partial charge >= 0.3 is 12.1 Å². The fraction of sp³-hybridized carbons (Fsp3) is 0.333. The van der Waals surface area contributed by atoms with E-state index in [0.717, 1.165) is 0 Å². The molecule has 0 aliphatic carbocycles. The van der Waals surface area contributed by atoms with Crippen LogP contribution in [-0.2, 0) is 14.2 Å². The van der Waals surface area contributed by atoms with Crippen LogP contribution in [0.4, 0.5) is 4.79 Å². The van der Waals surface area contributed by atoms with Gasteiger partial charge in [-0.25, -0.2) is 9.59 Å². The molecule has 1 unspecified atom stereocenters. The number of ether oxygens (including phenoxy) is 3. The molecule has 0 bridgehead atoms. The molecule has 0 aromatic heterocycles. The molecule has 1 atom stereocenters. The Kier molecular flexibility index (Phi) is 2.99. The molecule has 17 heavy (non-hydrogen) atoms. The minimum absolute atomic E-state index is 0.0214. The van der Waals surface area contributed by atoms with Crippen LogP contribution in [0.2, 0.25) is 0 Å². The largest absolute Gasteiger partial charge is 0.509 e. The molecule has 0 spiro atoms. The predicted octanol–water partition coefficient (Wildman–Crippen LogP) is 1.77. The van der Waals surface area contributed by atoms with E-state index in [1.807, 2.05) is 6.07 Å². The fourth-order valence-corrected chi connectivity index (χ4v) is 1.42. The van der Waals surface area contributed by atoms with Gasteiger partial charge in [-0.3, -0.25) is 0 Å². The molecule has 2 rings (SSSR count). The molecule has 90 valence electrons. The molecule has 1 aromatic carbocycles. The molecule has 5 heteroatoms. The van der Waals surface area contributed by atoms with Gasteiger partial charge in [0.15, 0.2) is 5.60 Å². The highest BCUT2D eigenvalue weighted by atomic mass is 16.8. The predicted molar refractivity (Wildman–Crippen MR) is 57.6 cm³/mol. The Labute approximate surface area is 98.3 Å². The molecule has 0 amide bonds. The number of esters is 1. The third kappa shape index (κ3) is 2.75. The molecule has 1 heterocycles. The van der Waals surface area contributed by atoms with E-state index in [-0.39, 0.29) is 13.2 Å². The van der Waals surface area contributed by atoms with Crippen molar-refractivity contribution in [1.29, 1.82) is 0 Å². The molecule has 1 aromatic rings. The average molecular weight is 236 g/mol. The van der Waals surface area contributed by atoms with Crippen LogP contribution in [-0.4, -0.2) is 30.9 Å². The third-order valence-electron chi connectivity index (χ3n) is 2.34. The van der Waals surface area contributed by atoms with Gasteiger partial charge in [-0.1, -0.05) is 18.2 Å². The summed E-state index contributed by atoms with van der Waals surface area (Å²) < 4.78 is 14.6. The summed E-state index contributed by atoms with van der Waals surface area (Å²) in [4.78, 5) is 22.4. The molecule has 1 fully saturated rings. The Balaban J connectivity index is 1.91. The SMILES string of the molecule is CC1(COC(=O)c2ccccc2)COC(=O)O1. The van der Waals surface area contributed by atoms with Gasteiger partial charge in [0.05, 0.1) is 5.56 Å². The van der Waals surface area contributed by atoms with Crippen molar-refractivity contribution >= 4 is 12.1 Å². The van der Waals surface area contributed by atoms with Crippen LogP contribution in [0.5, 0.6) is 0 Å². The first kappa shape index (κ1) is 11.4. The van der Waals surface area contributed by atoms with E-state index < -0.39 is 17.7 Å². The maximum Gasteiger partial charge on any atom is 0.509 e. The monoisotopic (exact) mass is 236 g/mol. The summed E-state index contributed by atoms with van der Waals surface area (Å²) in [5, 5.41) is 0. The van der Waals surface area contributed by atoms with Gasteiger partial charge in [0.2, 0.25) is 0 Å². The fourth-order valence-electron chi connectivity index (χ4n) is 1.42. The summed E-state index contributed by atoms with van der Waals surface area (Å²) in [6.45, 7) is 1.72. The molecule has 0 radical (unpaired) electrons. The minimum atomic E-state index is -0.887. The van der Waals surface area contributed by atoms with Crippen LogP contribution in [0.3, 0.4) is 0 Å². The van der Waals surface area contributed by atoms with Crippen molar-refractivity contribution in [2.24, 2.45) is 0 Å². The van der Waals surface area contributed by atoms with Crippen LogP contribution in [0.15, 0.2) is 30.3 Å². The summed E-state index contributed by atoms with van der Waals surface area (Å²) in [6, 6.07) is 8.61. The second-order valence-corrected chi connectivity index (χ2v) is 4.03. The lowest BCUT2D eigenvalue weighted by Crippen LogP contribution is -2.34. The molecule has 1 saturated heterocycles. The maximum absolute atomic E-state index is 11.6. The lowest BCUT2D eigenvalue weighted by Gasteiger charge is -2.18. The van der Waals surface area contributed by atoms with E-state index in [2.05, 4.69) is 4.74 Å². The smallest absolute Gasteiger partial charge is 0.458 e. The average Bonchev–Trinajstić information content (AvgIpc) is 2.68. The number of carbonyl (C=O) groups excluding carboxylic acids is 2. The van der Waals surface area contributed by atoms with E-state index in [4.69, 9.17) is 9.47 Å². The van der Waals surface area contributed by atoms with Gasteiger partial charge < -0.3 is 14.2 Å². The first-order valence-corrected chi connectivity index (χ1v) is 5.17. The van der Waals surface area contributed by atoms with Gasteiger partial charge in [-0.05, 0) is 19.1 Å². The number of benzene rings is 1. The summed E-state index contributed by atoms with van der Waals surface area (Å²) in [5.74, 6) is -0.449. The highest BCUT2D eigenvalue weighted by Gasteiger charge is 2.39. The van der Waals surface area contributed by atoms with Gasteiger partial charge in [0.25, 0.3) is 0 Å². The van der Waals surface area contributed by atoms with Crippen LogP contribution in [0.1, 0.15) is 17.3 Å². The second kappa shape index (κ2) is 4.45. The highest BCUT2D eigenvalue weighted by Crippen LogP contribution is 2.20. The summed E-state index contributed by atoms with van der Waals surface area (Å²) >= 11 is 0. The Hall–Kier alpha value is -2.04. The molecule has 1 aliphatic heterocycles. The Bertz CT molecular complexity index is 428. The first-order chi connectivity index (χ1) is 8.09. The Morgan fingerprint density at radius 2 is 2.12 bits per heavy atom. The van der Waals surface area contributed by atoms with E-state index in [0.29, 0.717) is 5.56 Å². The number of cyclic esters (lactones) is 2. The molecular formula is C12H12O5. The summed E-state index contributed by atoms with van der Waals surface area (Å²) in [5.41, 5.74) is -0.428. The van der Waals surface area contributed by atoms with Crippen LogP contribution < -0.4 is 0 Å². The number of hydrogen-bond donors (Lipinski definition) is 0. The van der Waals surface area contributed by atoms with Crippen molar-refractivity contribution in [3.8, 4) is 0 Å². The van der Waals surface area contributed by atoms with E-state index in [1.165, 1.54) is 0 Å². The van der Waals surface area contributed by atoms with E-state index >= 15 is 0 Å². The Morgan fingerprint density at radius 1 is 1.41 bits per heavy atom. The standard InChI is InChI=1S/C12H12O5/c1-12(8-16-11(14)17-12)7-15-10(13)9-5-3-2-4-6-9/h2-6H,7-8H2,1H3. The zero-order chi connectivity index (χ0) is 12.3. The summed E-state index contributed by atoms with van der Waals surface area (Å²) in [6.07, 6.45) is -0.733. The van der Waals surface area contributed by atoms with Crippen molar-refractivity contribution in [2.45, 2.75) is 12.5 Å². The molecule has 5 nitrogen and oxygen atoms in total. The molecule has 0 saturated carbocycles. The number of hydrogen-bond acceptors (Lipinski definition) is 5. The van der Waals surface area contributed by atoms with Gasteiger partial charge in [0, 0.05) is 0 Å². The van der Waals surface area contributed by atoms with Crippen molar-refractivity contribution in [3.05, 3.63) is 35.9 Å². The van der Waals surface area contributed by atoms with Gasteiger partial charge in [-0.15, -0.1) is 0 Å². The second-order valence-electron chi connectivity index (χ2n) is 4.03. The quantitative estimate of drug-likeness (QED) is 0.748.